The van der Waals surface area contributed by atoms with Crippen LogP contribution in [0.25, 0.3) is 0 Å². The molecule has 1 aromatic carbocycles. The van der Waals surface area contributed by atoms with Crippen LogP contribution in [0.15, 0.2) is 24.3 Å². The molecule has 2 rings (SSSR count). The molecule has 3 N–H and O–H groups in total. The van der Waals surface area contributed by atoms with E-state index in [0.717, 1.165) is 38.2 Å². The second kappa shape index (κ2) is 11.6. The number of nitrogens with one attached hydrogen (secondary N) is 2. The molecule has 1 amide bonds. The Hall–Kier alpha value is -0.850. The molecule has 0 atom stereocenters. The smallest absolute Gasteiger partial charge is 0.238 e. The number of rotatable bonds is 6. The molecule has 1 aromatic rings. The van der Waals surface area contributed by atoms with Crippen molar-refractivity contribution < 1.29 is 9.90 Å². The summed E-state index contributed by atoms with van der Waals surface area (Å²) < 4.78 is 0. The van der Waals surface area contributed by atoms with E-state index in [1.807, 2.05) is 18.2 Å². The first-order valence-electron chi connectivity index (χ1n) is 7.58. The average molecular weight is 364 g/mol. The highest BCUT2D eigenvalue weighted by Gasteiger charge is 2.18. The Morgan fingerprint density at radius 1 is 1.30 bits per heavy atom. The zero-order valence-electron chi connectivity index (χ0n) is 13.5. The Bertz CT molecular complexity index is 466. The quantitative estimate of drug-likeness (QED) is 0.721. The molecule has 1 saturated heterocycles. The summed E-state index contributed by atoms with van der Waals surface area (Å²) in [6.07, 6.45) is 2.13. The maximum atomic E-state index is 11.6. The SMILES string of the molecule is CNCC(=O)Nc1cccc(CN2CCC(CO)CC2)c1.Cl.Cl. The van der Waals surface area contributed by atoms with Gasteiger partial charge in [-0.3, -0.25) is 9.69 Å². The number of hydrogen-bond donors (Lipinski definition) is 3. The third-order valence-electron chi connectivity index (χ3n) is 3.92. The molecule has 7 heteroatoms. The number of likely N-dealkylation sites (N-methyl/N-ethyl adjacent to an activating group) is 1. The minimum atomic E-state index is -0.0292. The van der Waals surface area contributed by atoms with Gasteiger partial charge in [0.05, 0.1) is 6.54 Å². The first kappa shape index (κ1) is 22.1. The number of halogens is 2. The van der Waals surface area contributed by atoms with Gasteiger partial charge in [-0.1, -0.05) is 12.1 Å². The molecule has 0 aromatic heterocycles. The number of nitrogens with zero attached hydrogens (tertiary/aromatic N) is 1. The summed E-state index contributed by atoms with van der Waals surface area (Å²) in [5.74, 6) is 0.437. The van der Waals surface area contributed by atoms with Crippen molar-refractivity contribution in [3.05, 3.63) is 29.8 Å². The molecule has 5 nitrogen and oxygen atoms in total. The molecule has 0 radical (unpaired) electrons. The molecule has 132 valence electrons. The van der Waals surface area contributed by atoms with Crippen LogP contribution in [-0.2, 0) is 11.3 Å². The summed E-state index contributed by atoms with van der Waals surface area (Å²) in [7, 11) is 1.76. The molecular formula is C16H27Cl2N3O2. The number of carbonyl (C=O) groups excluding carboxylic acids is 1. The zero-order valence-corrected chi connectivity index (χ0v) is 15.1. The molecular weight excluding hydrogens is 337 g/mol. The van der Waals surface area contributed by atoms with Crippen molar-refractivity contribution in [3.8, 4) is 0 Å². The molecule has 23 heavy (non-hydrogen) atoms. The van der Waals surface area contributed by atoms with Crippen LogP contribution in [0, 0.1) is 5.92 Å². The van der Waals surface area contributed by atoms with Crippen LogP contribution in [0.2, 0.25) is 0 Å². The number of hydrogen-bond acceptors (Lipinski definition) is 4. The number of aliphatic hydroxyl groups is 1. The minimum Gasteiger partial charge on any atom is -0.396 e. The van der Waals surface area contributed by atoms with Gasteiger partial charge in [-0.15, -0.1) is 24.8 Å². The predicted octanol–water partition coefficient (Wildman–Crippen LogP) is 1.89. The summed E-state index contributed by atoms with van der Waals surface area (Å²) in [5.41, 5.74) is 2.05. The number of carbonyl (C=O) groups is 1. The normalized spacial score (nSPS) is 15.4. The lowest BCUT2D eigenvalue weighted by molar-refractivity contribution is -0.115. The highest BCUT2D eigenvalue weighted by Crippen LogP contribution is 2.19. The number of amides is 1. The fourth-order valence-electron chi connectivity index (χ4n) is 2.70. The van der Waals surface area contributed by atoms with E-state index in [1.54, 1.807) is 7.05 Å². The summed E-state index contributed by atoms with van der Waals surface area (Å²) in [4.78, 5) is 14.0. The van der Waals surface area contributed by atoms with Crippen molar-refractivity contribution in [1.82, 2.24) is 10.2 Å². The van der Waals surface area contributed by atoms with E-state index < -0.39 is 0 Å². The third kappa shape index (κ3) is 7.50. The van der Waals surface area contributed by atoms with Crippen molar-refractivity contribution >= 4 is 36.4 Å². The Morgan fingerprint density at radius 3 is 2.61 bits per heavy atom. The molecule has 1 heterocycles. The van der Waals surface area contributed by atoms with Gasteiger partial charge < -0.3 is 15.7 Å². The average Bonchev–Trinajstić information content (AvgIpc) is 2.48. The molecule has 0 bridgehead atoms. The van der Waals surface area contributed by atoms with Crippen LogP contribution in [0.1, 0.15) is 18.4 Å². The highest BCUT2D eigenvalue weighted by atomic mass is 35.5. The van der Waals surface area contributed by atoms with E-state index in [4.69, 9.17) is 5.11 Å². The van der Waals surface area contributed by atoms with Crippen molar-refractivity contribution in [3.63, 3.8) is 0 Å². The van der Waals surface area contributed by atoms with Gasteiger partial charge in [0.25, 0.3) is 0 Å². The maximum Gasteiger partial charge on any atom is 0.238 e. The predicted molar refractivity (Wildman–Crippen MR) is 98.6 cm³/mol. The summed E-state index contributed by atoms with van der Waals surface area (Å²) >= 11 is 0. The van der Waals surface area contributed by atoms with E-state index in [1.165, 1.54) is 5.56 Å². The lowest BCUT2D eigenvalue weighted by Gasteiger charge is -2.31. The van der Waals surface area contributed by atoms with Crippen molar-refractivity contribution in [2.45, 2.75) is 19.4 Å². The number of benzene rings is 1. The van der Waals surface area contributed by atoms with Gasteiger partial charge in [-0.05, 0) is 56.6 Å². The molecule has 0 aliphatic carbocycles. The van der Waals surface area contributed by atoms with E-state index in [-0.39, 0.29) is 30.7 Å². The largest absolute Gasteiger partial charge is 0.396 e. The summed E-state index contributed by atoms with van der Waals surface area (Å²) in [6.45, 7) is 3.58. The van der Waals surface area contributed by atoms with Crippen molar-refractivity contribution in [2.75, 3.05) is 38.6 Å². The molecule has 1 aliphatic rings. The first-order valence-corrected chi connectivity index (χ1v) is 7.58. The van der Waals surface area contributed by atoms with Gasteiger partial charge in [-0.25, -0.2) is 0 Å². The number of anilines is 1. The minimum absolute atomic E-state index is 0. The third-order valence-corrected chi connectivity index (χ3v) is 3.92. The Balaban J connectivity index is 0.00000242. The monoisotopic (exact) mass is 363 g/mol. The number of likely N-dealkylation sites (tertiary alicyclic amines) is 1. The van der Waals surface area contributed by atoms with Gasteiger partial charge in [0, 0.05) is 18.8 Å². The second-order valence-electron chi connectivity index (χ2n) is 5.68. The van der Waals surface area contributed by atoms with Crippen LogP contribution < -0.4 is 10.6 Å². The summed E-state index contributed by atoms with van der Waals surface area (Å²) in [6, 6.07) is 8.01. The van der Waals surface area contributed by atoms with E-state index in [0.29, 0.717) is 19.1 Å². The highest BCUT2D eigenvalue weighted by molar-refractivity contribution is 5.92. The number of aliphatic hydroxyl groups excluding tert-OH is 1. The Kier molecular flexibility index (Phi) is 11.2. The molecule has 0 spiro atoms. The molecule has 0 saturated carbocycles. The first-order chi connectivity index (χ1) is 10.2. The van der Waals surface area contributed by atoms with Gasteiger partial charge in [0.15, 0.2) is 0 Å². The van der Waals surface area contributed by atoms with Crippen LogP contribution in [-0.4, -0.2) is 49.2 Å². The van der Waals surface area contributed by atoms with Crippen LogP contribution in [0.4, 0.5) is 5.69 Å². The van der Waals surface area contributed by atoms with Crippen molar-refractivity contribution in [2.24, 2.45) is 5.92 Å². The zero-order chi connectivity index (χ0) is 15.1. The second-order valence-corrected chi connectivity index (χ2v) is 5.68. The van der Waals surface area contributed by atoms with Gasteiger partial charge in [0.1, 0.15) is 0 Å². The van der Waals surface area contributed by atoms with Gasteiger partial charge >= 0.3 is 0 Å². The van der Waals surface area contributed by atoms with Gasteiger partial charge in [0.2, 0.25) is 5.91 Å². The molecule has 1 fully saturated rings. The fourth-order valence-corrected chi connectivity index (χ4v) is 2.70. The van der Waals surface area contributed by atoms with Crippen LogP contribution in [0.3, 0.4) is 0 Å². The lowest BCUT2D eigenvalue weighted by Crippen LogP contribution is -2.34. The standard InChI is InChI=1S/C16H25N3O2.2ClH/c1-17-10-16(21)18-15-4-2-3-14(9-15)11-19-7-5-13(12-20)6-8-19;;/h2-4,9,13,17,20H,5-8,10-12H2,1H3,(H,18,21);2*1H. The summed E-state index contributed by atoms with van der Waals surface area (Å²) in [5, 5.41) is 14.9. The Labute approximate surface area is 150 Å². The molecule has 0 unspecified atom stereocenters. The van der Waals surface area contributed by atoms with Crippen molar-refractivity contribution in [1.29, 1.82) is 0 Å². The molecule has 1 aliphatic heterocycles. The Morgan fingerprint density at radius 2 is 2.00 bits per heavy atom. The fraction of sp³-hybridized carbons (Fsp3) is 0.562. The van der Waals surface area contributed by atoms with Gasteiger partial charge in [-0.2, -0.15) is 0 Å². The van der Waals surface area contributed by atoms with E-state index in [9.17, 15) is 4.79 Å². The maximum absolute atomic E-state index is 11.6. The van der Waals surface area contributed by atoms with E-state index >= 15 is 0 Å². The number of piperidine rings is 1. The lowest BCUT2D eigenvalue weighted by atomic mass is 9.97. The topological polar surface area (TPSA) is 64.6 Å². The van der Waals surface area contributed by atoms with Crippen LogP contribution in [0.5, 0.6) is 0 Å². The van der Waals surface area contributed by atoms with Crippen LogP contribution >= 0.6 is 24.8 Å². The van der Waals surface area contributed by atoms with E-state index in [2.05, 4.69) is 21.6 Å².